The Kier molecular flexibility index (Phi) is 2.47. The first kappa shape index (κ1) is 10.7. The Morgan fingerprint density at radius 2 is 2.38 bits per heavy atom. The van der Waals surface area contributed by atoms with Gasteiger partial charge in [-0.2, -0.15) is 5.26 Å². The van der Waals surface area contributed by atoms with Crippen LogP contribution in [-0.4, -0.2) is 11.5 Å². The Hall–Kier alpha value is -1.76. The van der Waals surface area contributed by atoms with Crippen LogP contribution in [0.4, 0.5) is 11.5 Å². The van der Waals surface area contributed by atoms with Crippen LogP contribution in [0.2, 0.25) is 0 Å². The number of anilines is 2. The van der Waals surface area contributed by atoms with Crippen molar-refractivity contribution in [2.45, 2.75) is 20.3 Å². The van der Waals surface area contributed by atoms with Gasteiger partial charge in [0.15, 0.2) is 5.82 Å². The number of hydrogen-bond acceptors (Lipinski definition) is 4. The molecule has 2 rings (SSSR count). The zero-order valence-electron chi connectivity index (χ0n) is 9.62. The molecule has 0 saturated heterocycles. The van der Waals surface area contributed by atoms with Crippen LogP contribution in [0.15, 0.2) is 12.3 Å². The first-order valence-electron chi connectivity index (χ1n) is 5.43. The van der Waals surface area contributed by atoms with Gasteiger partial charge in [-0.3, -0.25) is 0 Å². The third kappa shape index (κ3) is 1.94. The number of nitrogens with zero attached hydrogens (tertiary/aromatic N) is 2. The molecule has 3 N–H and O–H groups in total. The molecule has 0 radical (unpaired) electrons. The van der Waals surface area contributed by atoms with Crippen molar-refractivity contribution >= 4 is 11.5 Å². The quantitative estimate of drug-likeness (QED) is 0.810. The van der Waals surface area contributed by atoms with Crippen molar-refractivity contribution in [3.63, 3.8) is 0 Å². The molecule has 1 fully saturated rings. The molecule has 4 heteroatoms. The van der Waals surface area contributed by atoms with Gasteiger partial charge in [-0.1, -0.05) is 13.8 Å². The molecule has 4 nitrogen and oxygen atoms in total. The topological polar surface area (TPSA) is 74.7 Å². The normalized spacial score (nSPS) is 21.2. The second kappa shape index (κ2) is 3.67. The first-order chi connectivity index (χ1) is 7.54. The van der Waals surface area contributed by atoms with Crippen LogP contribution in [0.3, 0.4) is 0 Å². The van der Waals surface area contributed by atoms with Crippen molar-refractivity contribution < 1.29 is 0 Å². The van der Waals surface area contributed by atoms with E-state index >= 15 is 0 Å². The third-order valence-corrected chi connectivity index (χ3v) is 3.34. The monoisotopic (exact) mass is 216 g/mol. The molecular formula is C12H16N4. The van der Waals surface area contributed by atoms with Gasteiger partial charge in [-0.15, -0.1) is 0 Å². The molecule has 1 atom stereocenters. The van der Waals surface area contributed by atoms with Crippen LogP contribution >= 0.6 is 0 Å². The van der Waals surface area contributed by atoms with E-state index in [1.807, 2.05) is 0 Å². The molecule has 1 aliphatic rings. The summed E-state index contributed by atoms with van der Waals surface area (Å²) < 4.78 is 0. The van der Waals surface area contributed by atoms with Crippen LogP contribution < -0.4 is 11.1 Å². The smallest absolute Gasteiger partial charge is 0.150 e. The van der Waals surface area contributed by atoms with E-state index in [1.54, 1.807) is 12.3 Å². The lowest BCUT2D eigenvalue weighted by molar-refractivity contribution is 0.573. The zero-order valence-corrected chi connectivity index (χ0v) is 9.62. The molecule has 1 aliphatic carbocycles. The predicted octanol–water partition coefficient (Wildman–Crippen LogP) is 1.99. The maximum atomic E-state index is 8.83. The predicted molar refractivity (Wildman–Crippen MR) is 63.7 cm³/mol. The summed E-state index contributed by atoms with van der Waals surface area (Å²) in [5.74, 6) is 1.31. The zero-order chi connectivity index (χ0) is 11.8. The van der Waals surface area contributed by atoms with E-state index in [9.17, 15) is 0 Å². The lowest BCUT2D eigenvalue weighted by Crippen LogP contribution is -2.10. The van der Waals surface area contributed by atoms with E-state index in [0.717, 1.165) is 6.54 Å². The Bertz CT molecular complexity index is 445. The SMILES string of the molecule is CC1(C)CC1CNc1nccc(C#N)c1N. The van der Waals surface area contributed by atoms with Gasteiger partial charge in [-0.05, 0) is 23.8 Å². The molecule has 1 heterocycles. The molecule has 1 aromatic heterocycles. The summed E-state index contributed by atoms with van der Waals surface area (Å²) in [5, 5.41) is 12.0. The molecule has 1 saturated carbocycles. The summed E-state index contributed by atoms with van der Waals surface area (Å²) in [6, 6.07) is 3.68. The maximum Gasteiger partial charge on any atom is 0.150 e. The van der Waals surface area contributed by atoms with Gasteiger partial charge in [0.05, 0.1) is 11.3 Å². The summed E-state index contributed by atoms with van der Waals surface area (Å²) in [6.07, 6.45) is 2.84. The van der Waals surface area contributed by atoms with Gasteiger partial charge in [0.2, 0.25) is 0 Å². The van der Waals surface area contributed by atoms with Crippen molar-refractivity contribution in [3.8, 4) is 6.07 Å². The lowest BCUT2D eigenvalue weighted by atomic mass is 10.1. The molecule has 16 heavy (non-hydrogen) atoms. The second-order valence-electron chi connectivity index (χ2n) is 5.00. The highest BCUT2D eigenvalue weighted by Gasteiger charge is 2.45. The van der Waals surface area contributed by atoms with Crippen LogP contribution in [0.1, 0.15) is 25.8 Å². The number of nitrogens with two attached hydrogens (primary N) is 1. The number of nitriles is 1. The molecule has 0 bridgehead atoms. The molecule has 0 aromatic carbocycles. The Morgan fingerprint density at radius 3 is 2.94 bits per heavy atom. The van der Waals surface area contributed by atoms with E-state index in [2.05, 4.69) is 30.2 Å². The van der Waals surface area contributed by atoms with Crippen LogP contribution in [0.5, 0.6) is 0 Å². The Balaban J connectivity index is 2.03. The molecule has 84 valence electrons. The summed E-state index contributed by atoms with van der Waals surface area (Å²) in [7, 11) is 0. The van der Waals surface area contributed by atoms with Crippen molar-refractivity contribution in [1.82, 2.24) is 4.98 Å². The number of aromatic nitrogens is 1. The Labute approximate surface area is 95.5 Å². The van der Waals surface area contributed by atoms with Gasteiger partial charge in [0.1, 0.15) is 6.07 Å². The van der Waals surface area contributed by atoms with Gasteiger partial charge >= 0.3 is 0 Å². The minimum absolute atomic E-state index is 0.439. The molecule has 1 aromatic rings. The average Bonchev–Trinajstić information content (AvgIpc) is 2.85. The summed E-state index contributed by atoms with van der Waals surface area (Å²) in [6.45, 7) is 5.38. The number of nitrogen functional groups attached to an aromatic ring is 1. The first-order valence-corrected chi connectivity index (χ1v) is 5.43. The van der Waals surface area contributed by atoms with Gasteiger partial charge in [0.25, 0.3) is 0 Å². The molecule has 0 amide bonds. The largest absolute Gasteiger partial charge is 0.395 e. The van der Waals surface area contributed by atoms with Gasteiger partial charge < -0.3 is 11.1 Å². The highest BCUT2D eigenvalue weighted by Crippen LogP contribution is 2.51. The number of pyridine rings is 1. The minimum Gasteiger partial charge on any atom is -0.395 e. The second-order valence-corrected chi connectivity index (χ2v) is 5.00. The fourth-order valence-corrected chi connectivity index (χ4v) is 1.86. The fourth-order valence-electron chi connectivity index (χ4n) is 1.86. The van der Waals surface area contributed by atoms with Crippen molar-refractivity contribution in [2.75, 3.05) is 17.6 Å². The molecule has 0 spiro atoms. The third-order valence-electron chi connectivity index (χ3n) is 3.34. The molecule has 0 aliphatic heterocycles. The lowest BCUT2D eigenvalue weighted by Gasteiger charge is -2.09. The van der Waals surface area contributed by atoms with Crippen LogP contribution in [0, 0.1) is 22.7 Å². The summed E-state index contributed by atoms with van der Waals surface area (Å²) in [4.78, 5) is 4.15. The standard InChI is InChI=1S/C12H16N4/c1-12(2)5-9(12)7-16-11-10(14)8(6-13)3-4-15-11/h3-4,9H,5,7,14H2,1-2H3,(H,15,16). The van der Waals surface area contributed by atoms with Gasteiger partial charge in [-0.25, -0.2) is 4.98 Å². The summed E-state index contributed by atoms with van der Waals surface area (Å²) in [5.41, 5.74) is 7.19. The van der Waals surface area contributed by atoms with E-state index in [4.69, 9.17) is 11.0 Å². The van der Waals surface area contributed by atoms with Crippen molar-refractivity contribution in [3.05, 3.63) is 17.8 Å². The van der Waals surface area contributed by atoms with Crippen molar-refractivity contribution in [1.29, 1.82) is 5.26 Å². The number of nitrogens with one attached hydrogen (secondary N) is 1. The fraction of sp³-hybridized carbons (Fsp3) is 0.500. The van der Waals surface area contributed by atoms with Crippen LogP contribution in [-0.2, 0) is 0 Å². The number of rotatable bonds is 3. The van der Waals surface area contributed by atoms with Gasteiger partial charge in [0, 0.05) is 12.7 Å². The van der Waals surface area contributed by atoms with Crippen LogP contribution in [0.25, 0.3) is 0 Å². The number of hydrogen-bond donors (Lipinski definition) is 2. The van der Waals surface area contributed by atoms with E-state index in [0.29, 0.717) is 28.4 Å². The molecule has 1 unspecified atom stereocenters. The van der Waals surface area contributed by atoms with E-state index < -0.39 is 0 Å². The van der Waals surface area contributed by atoms with Crippen molar-refractivity contribution in [2.24, 2.45) is 11.3 Å². The maximum absolute atomic E-state index is 8.83. The summed E-state index contributed by atoms with van der Waals surface area (Å²) >= 11 is 0. The highest BCUT2D eigenvalue weighted by molar-refractivity contribution is 5.68. The van der Waals surface area contributed by atoms with E-state index in [1.165, 1.54) is 6.42 Å². The highest BCUT2D eigenvalue weighted by atomic mass is 15.0. The Morgan fingerprint density at radius 1 is 1.69 bits per heavy atom. The molecular weight excluding hydrogens is 200 g/mol. The minimum atomic E-state index is 0.439. The average molecular weight is 216 g/mol. The van der Waals surface area contributed by atoms with E-state index in [-0.39, 0.29) is 0 Å².